The molecule has 0 aliphatic carbocycles. The van der Waals surface area contributed by atoms with Crippen LogP contribution in [0.3, 0.4) is 0 Å². The van der Waals surface area contributed by atoms with Crippen LogP contribution in [-0.2, 0) is 11.8 Å². The van der Waals surface area contributed by atoms with Crippen LogP contribution in [0.4, 0.5) is 0 Å². The number of aromatic nitrogens is 2. The van der Waals surface area contributed by atoms with Gasteiger partial charge in [-0.1, -0.05) is 6.92 Å². The van der Waals surface area contributed by atoms with Gasteiger partial charge < -0.3 is 14.8 Å². The van der Waals surface area contributed by atoms with Crippen molar-refractivity contribution in [1.29, 1.82) is 0 Å². The summed E-state index contributed by atoms with van der Waals surface area (Å²) in [6.45, 7) is 11.1. The molecular weight excluding hydrogens is 268 g/mol. The van der Waals surface area contributed by atoms with Crippen LogP contribution in [-0.4, -0.2) is 60.2 Å². The first-order chi connectivity index (χ1) is 10.0. The summed E-state index contributed by atoms with van der Waals surface area (Å²) in [6.07, 6.45) is 1.79. The summed E-state index contributed by atoms with van der Waals surface area (Å²) in [5.74, 6) is 0.838. The summed E-state index contributed by atoms with van der Waals surface area (Å²) in [4.78, 5) is 2.48. The van der Waals surface area contributed by atoms with Gasteiger partial charge in [0.15, 0.2) is 5.75 Å². The fourth-order valence-corrected chi connectivity index (χ4v) is 3.12. The molecule has 1 aliphatic rings. The predicted molar refractivity (Wildman–Crippen MR) is 82.6 cm³/mol. The van der Waals surface area contributed by atoms with Crippen molar-refractivity contribution in [3.8, 4) is 5.75 Å². The van der Waals surface area contributed by atoms with Crippen LogP contribution in [0.2, 0.25) is 0 Å². The Bertz CT molecular complexity index is 453. The molecule has 0 amide bonds. The number of hydrogen-bond acceptors (Lipinski definition) is 5. The van der Waals surface area contributed by atoms with Gasteiger partial charge in [-0.15, -0.1) is 0 Å². The average Bonchev–Trinajstić information content (AvgIpc) is 2.86. The molecule has 0 saturated carbocycles. The van der Waals surface area contributed by atoms with Gasteiger partial charge in [0.25, 0.3) is 0 Å². The lowest BCUT2D eigenvalue weighted by Gasteiger charge is -2.46. The fourth-order valence-electron chi connectivity index (χ4n) is 3.12. The normalized spacial score (nSPS) is 18.7. The van der Waals surface area contributed by atoms with Gasteiger partial charge in [-0.25, -0.2) is 0 Å². The van der Waals surface area contributed by atoms with Crippen LogP contribution in [0.5, 0.6) is 5.75 Å². The molecule has 0 spiro atoms. The van der Waals surface area contributed by atoms with E-state index in [-0.39, 0.29) is 11.6 Å². The number of rotatable bonds is 6. The number of likely N-dealkylation sites (N-methyl/N-ethyl adjacent to an activating group) is 1. The Kier molecular flexibility index (Phi) is 5.24. The minimum absolute atomic E-state index is 0.0547. The molecule has 6 nitrogen and oxygen atoms in total. The zero-order chi connectivity index (χ0) is 15.5. The van der Waals surface area contributed by atoms with Crippen LogP contribution in [0.15, 0.2) is 6.20 Å². The van der Waals surface area contributed by atoms with Crippen LogP contribution in [0.1, 0.15) is 32.5 Å². The number of ether oxygens (including phenoxy) is 2. The Hall–Kier alpha value is -1.11. The topological polar surface area (TPSA) is 51.5 Å². The van der Waals surface area contributed by atoms with E-state index in [1.54, 1.807) is 13.3 Å². The van der Waals surface area contributed by atoms with E-state index in [0.717, 1.165) is 44.3 Å². The third-order valence-electron chi connectivity index (χ3n) is 4.38. The molecule has 0 aromatic carbocycles. The van der Waals surface area contributed by atoms with Crippen LogP contribution in [0, 0.1) is 0 Å². The van der Waals surface area contributed by atoms with E-state index in [1.165, 1.54) is 0 Å². The van der Waals surface area contributed by atoms with Gasteiger partial charge in [-0.2, -0.15) is 5.10 Å². The number of morpholine rings is 1. The van der Waals surface area contributed by atoms with E-state index in [4.69, 9.17) is 9.47 Å². The second kappa shape index (κ2) is 6.77. The molecule has 1 N–H and O–H groups in total. The van der Waals surface area contributed by atoms with Crippen molar-refractivity contribution in [3.05, 3.63) is 11.9 Å². The number of methoxy groups -OCH3 is 1. The van der Waals surface area contributed by atoms with E-state index in [0.29, 0.717) is 0 Å². The van der Waals surface area contributed by atoms with Crippen LogP contribution < -0.4 is 10.1 Å². The lowest BCUT2D eigenvalue weighted by Crippen LogP contribution is -2.56. The molecule has 21 heavy (non-hydrogen) atoms. The van der Waals surface area contributed by atoms with Gasteiger partial charge in [0.1, 0.15) is 0 Å². The highest BCUT2D eigenvalue weighted by atomic mass is 16.5. The van der Waals surface area contributed by atoms with Gasteiger partial charge in [0.2, 0.25) is 0 Å². The quantitative estimate of drug-likeness (QED) is 0.854. The Balaban J connectivity index is 2.34. The first kappa shape index (κ1) is 16.3. The second-order valence-corrected chi connectivity index (χ2v) is 5.97. The summed E-state index contributed by atoms with van der Waals surface area (Å²) in [5, 5.41) is 7.97. The molecule has 1 saturated heterocycles. The van der Waals surface area contributed by atoms with Gasteiger partial charge in [-0.3, -0.25) is 9.58 Å². The molecule has 0 radical (unpaired) electrons. The molecule has 1 aromatic rings. The largest absolute Gasteiger partial charge is 0.493 e. The number of aryl methyl sites for hydroxylation is 1. The molecule has 2 heterocycles. The summed E-state index contributed by atoms with van der Waals surface area (Å²) in [6, 6.07) is 0.142. The minimum Gasteiger partial charge on any atom is -0.493 e. The zero-order valence-electron chi connectivity index (χ0n) is 13.8. The number of nitrogens with one attached hydrogen (secondary N) is 1. The first-order valence-electron chi connectivity index (χ1n) is 7.64. The Morgan fingerprint density at radius 3 is 2.67 bits per heavy atom. The van der Waals surface area contributed by atoms with Crippen LogP contribution in [0.25, 0.3) is 0 Å². The average molecular weight is 296 g/mol. The van der Waals surface area contributed by atoms with Crippen LogP contribution >= 0.6 is 0 Å². The molecule has 1 atom stereocenters. The molecule has 1 fully saturated rings. The first-order valence-corrected chi connectivity index (χ1v) is 7.64. The van der Waals surface area contributed by atoms with Crippen molar-refractivity contribution in [2.24, 2.45) is 7.05 Å². The van der Waals surface area contributed by atoms with Crippen molar-refractivity contribution < 1.29 is 9.47 Å². The highest BCUT2D eigenvalue weighted by Gasteiger charge is 2.39. The molecule has 2 rings (SSSR count). The summed E-state index contributed by atoms with van der Waals surface area (Å²) in [5.41, 5.74) is 1.04. The molecule has 1 unspecified atom stereocenters. The number of nitrogens with zero attached hydrogens (tertiary/aromatic N) is 3. The summed E-state index contributed by atoms with van der Waals surface area (Å²) < 4.78 is 12.9. The van der Waals surface area contributed by atoms with Crippen molar-refractivity contribution in [2.45, 2.75) is 32.4 Å². The van der Waals surface area contributed by atoms with Crippen molar-refractivity contribution in [2.75, 3.05) is 40.0 Å². The third kappa shape index (κ3) is 3.22. The fraction of sp³-hybridized carbons (Fsp3) is 0.800. The Labute approximate surface area is 127 Å². The third-order valence-corrected chi connectivity index (χ3v) is 4.38. The summed E-state index contributed by atoms with van der Waals surface area (Å²) in [7, 11) is 3.67. The van der Waals surface area contributed by atoms with E-state index < -0.39 is 0 Å². The molecule has 0 bridgehead atoms. The van der Waals surface area contributed by atoms with Gasteiger partial charge >= 0.3 is 0 Å². The second-order valence-electron chi connectivity index (χ2n) is 5.97. The van der Waals surface area contributed by atoms with E-state index in [2.05, 4.69) is 36.1 Å². The molecule has 1 aliphatic heterocycles. The van der Waals surface area contributed by atoms with Crippen molar-refractivity contribution >= 4 is 0 Å². The van der Waals surface area contributed by atoms with E-state index in [1.807, 2.05) is 11.7 Å². The minimum atomic E-state index is -0.0547. The SMILES string of the molecule is CCNC(c1c(OC)cnn1C)C(C)(C)N1CCOCC1. The maximum absolute atomic E-state index is 5.51. The smallest absolute Gasteiger partial charge is 0.161 e. The lowest BCUT2D eigenvalue weighted by atomic mass is 9.88. The highest BCUT2D eigenvalue weighted by molar-refractivity contribution is 5.30. The standard InChI is InChI=1S/C15H28N4O2/c1-6-16-14(13-12(20-5)11-17-18(13)4)15(2,3)19-7-9-21-10-8-19/h11,14,16H,6-10H2,1-5H3. The van der Waals surface area contributed by atoms with Gasteiger partial charge in [0, 0.05) is 25.7 Å². The van der Waals surface area contributed by atoms with Crippen molar-refractivity contribution in [3.63, 3.8) is 0 Å². The molecule has 120 valence electrons. The summed E-state index contributed by atoms with van der Waals surface area (Å²) >= 11 is 0. The highest BCUT2D eigenvalue weighted by Crippen LogP contribution is 2.35. The van der Waals surface area contributed by atoms with Crippen molar-refractivity contribution in [1.82, 2.24) is 20.0 Å². The zero-order valence-corrected chi connectivity index (χ0v) is 13.8. The molecule has 1 aromatic heterocycles. The van der Waals surface area contributed by atoms with E-state index >= 15 is 0 Å². The Morgan fingerprint density at radius 2 is 2.10 bits per heavy atom. The van der Waals surface area contributed by atoms with Gasteiger partial charge in [0.05, 0.1) is 38.3 Å². The van der Waals surface area contributed by atoms with E-state index in [9.17, 15) is 0 Å². The monoisotopic (exact) mass is 296 g/mol. The lowest BCUT2D eigenvalue weighted by molar-refractivity contribution is -0.0248. The maximum atomic E-state index is 5.51. The maximum Gasteiger partial charge on any atom is 0.161 e. The predicted octanol–water partition coefficient (Wildman–Crippen LogP) is 1.19. The Morgan fingerprint density at radius 1 is 1.43 bits per heavy atom. The molecule has 6 heteroatoms. The molecular formula is C15H28N4O2. The van der Waals surface area contributed by atoms with Gasteiger partial charge in [-0.05, 0) is 20.4 Å². The number of hydrogen-bond donors (Lipinski definition) is 1.